The number of nitrogens with zero attached hydrogens (tertiary/aromatic N) is 1. The van der Waals surface area contributed by atoms with Crippen LogP contribution in [0.5, 0.6) is 0 Å². The molecule has 0 radical (unpaired) electrons. The maximum atomic E-state index is 11.8. The zero-order valence-electron chi connectivity index (χ0n) is 9.39. The summed E-state index contributed by atoms with van der Waals surface area (Å²) >= 11 is 0. The van der Waals surface area contributed by atoms with Gasteiger partial charge in [-0.2, -0.15) is 0 Å². The van der Waals surface area contributed by atoms with Crippen molar-refractivity contribution in [2.45, 2.75) is 32.3 Å². The van der Waals surface area contributed by atoms with Crippen LogP contribution in [0.3, 0.4) is 0 Å². The van der Waals surface area contributed by atoms with Crippen LogP contribution in [0.15, 0.2) is 5.16 Å². The van der Waals surface area contributed by atoms with Gasteiger partial charge in [-0.25, -0.2) is 0 Å². The van der Waals surface area contributed by atoms with E-state index in [1.807, 2.05) is 0 Å². The molecule has 0 saturated heterocycles. The second kappa shape index (κ2) is 4.82. The Morgan fingerprint density at radius 1 is 1.62 bits per heavy atom. The van der Waals surface area contributed by atoms with Gasteiger partial charge in [0.15, 0.2) is 0 Å². The van der Waals surface area contributed by atoms with E-state index in [1.165, 1.54) is 6.42 Å². The number of rotatable bonds is 4. The Kier molecular flexibility index (Phi) is 3.43. The van der Waals surface area contributed by atoms with Gasteiger partial charge < -0.3 is 14.7 Å². The van der Waals surface area contributed by atoms with Crippen molar-refractivity contribution in [2.24, 2.45) is 17.0 Å². The first-order chi connectivity index (χ1) is 7.77. The highest BCUT2D eigenvalue weighted by Gasteiger charge is 2.46. The molecule has 0 spiro atoms. The molecule has 2 rings (SSSR count). The molecule has 1 heterocycles. The molecule has 2 unspecified atom stereocenters. The van der Waals surface area contributed by atoms with Crippen LogP contribution in [0.4, 0.5) is 0 Å². The van der Waals surface area contributed by atoms with E-state index in [4.69, 9.17) is 14.7 Å². The van der Waals surface area contributed by atoms with Crippen molar-refractivity contribution in [3.05, 3.63) is 0 Å². The Balaban J connectivity index is 2.06. The average Bonchev–Trinajstić information content (AvgIpc) is 2.59. The van der Waals surface area contributed by atoms with Crippen molar-refractivity contribution >= 4 is 11.7 Å². The molecule has 1 N–H and O–H groups in total. The molecule has 2 atom stereocenters. The SMILES string of the molecule is CCOC(=O)C1C(CO)=NOC1C1CCC1. The topological polar surface area (TPSA) is 68.1 Å². The van der Waals surface area contributed by atoms with Gasteiger partial charge in [-0.3, -0.25) is 4.79 Å². The Hall–Kier alpha value is -1.10. The summed E-state index contributed by atoms with van der Waals surface area (Å²) in [6.07, 6.45) is 3.08. The molecular weight excluding hydrogens is 210 g/mol. The minimum atomic E-state index is -0.504. The predicted molar refractivity (Wildman–Crippen MR) is 56.9 cm³/mol. The largest absolute Gasteiger partial charge is 0.465 e. The van der Waals surface area contributed by atoms with Gasteiger partial charge in [0.1, 0.15) is 17.7 Å². The number of carbonyl (C=O) groups is 1. The number of oxime groups is 1. The fourth-order valence-corrected chi connectivity index (χ4v) is 2.19. The normalized spacial score (nSPS) is 29.2. The molecule has 1 aliphatic carbocycles. The first-order valence-electron chi connectivity index (χ1n) is 5.78. The van der Waals surface area contributed by atoms with Gasteiger partial charge in [0.05, 0.1) is 13.2 Å². The summed E-state index contributed by atoms with van der Waals surface area (Å²) in [5.74, 6) is -0.456. The van der Waals surface area contributed by atoms with Crippen LogP contribution < -0.4 is 0 Å². The van der Waals surface area contributed by atoms with E-state index in [1.54, 1.807) is 6.92 Å². The van der Waals surface area contributed by atoms with E-state index in [9.17, 15) is 4.79 Å². The number of hydrogen-bond donors (Lipinski definition) is 1. The average molecular weight is 227 g/mol. The van der Waals surface area contributed by atoms with Crippen LogP contribution in [0.25, 0.3) is 0 Å². The Labute approximate surface area is 94.4 Å². The molecule has 1 fully saturated rings. The fourth-order valence-electron chi connectivity index (χ4n) is 2.19. The summed E-state index contributed by atoms with van der Waals surface area (Å²) in [6, 6.07) is 0. The van der Waals surface area contributed by atoms with E-state index >= 15 is 0 Å². The molecular formula is C11H17NO4. The standard InChI is InChI=1S/C11H17NO4/c1-2-15-11(14)9-8(6-13)12-16-10(9)7-4-3-5-7/h7,9-10,13H,2-6H2,1H3. The molecule has 0 amide bonds. The van der Waals surface area contributed by atoms with Gasteiger partial charge in [0, 0.05) is 0 Å². The van der Waals surface area contributed by atoms with Crippen molar-refractivity contribution in [3.63, 3.8) is 0 Å². The van der Waals surface area contributed by atoms with Gasteiger partial charge in [0.2, 0.25) is 0 Å². The number of carbonyl (C=O) groups excluding carboxylic acids is 1. The Bertz CT molecular complexity index is 298. The van der Waals surface area contributed by atoms with E-state index in [-0.39, 0.29) is 18.7 Å². The molecule has 0 bridgehead atoms. The van der Waals surface area contributed by atoms with E-state index < -0.39 is 5.92 Å². The van der Waals surface area contributed by atoms with Gasteiger partial charge in [-0.05, 0) is 25.7 Å². The monoisotopic (exact) mass is 227 g/mol. The summed E-state index contributed by atoms with van der Waals surface area (Å²) < 4.78 is 5.00. The number of aliphatic hydroxyl groups is 1. The van der Waals surface area contributed by atoms with Crippen LogP contribution in [-0.2, 0) is 14.4 Å². The van der Waals surface area contributed by atoms with Crippen molar-refractivity contribution in [1.29, 1.82) is 0 Å². The number of ether oxygens (including phenoxy) is 1. The lowest BCUT2D eigenvalue weighted by atomic mass is 9.76. The van der Waals surface area contributed by atoms with Crippen LogP contribution in [-0.4, -0.2) is 36.1 Å². The van der Waals surface area contributed by atoms with Gasteiger partial charge in [-0.15, -0.1) is 0 Å². The minimum absolute atomic E-state index is 0.227. The second-order valence-electron chi connectivity index (χ2n) is 4.23. The van der Waals surface area contributed by atoms with Gasteiger partial charge in [-0.1, -0.05) is 11.6 Å². The maximum absolute atomic E-state index is 11.8. The third-order valence-corrected chi connectivity index (χ3v) is 3.30. The molecule has 16 heavy (non-hydrogen) atoms. The van der Waals surface area contributed by atoms with Crippen LogP contribution >= 0.6 is 0 Å². The predicted octanol–water partition coefficient (Wildman–Crippen LogP) is 0.713. The van der Waals surface area contributed by atoms with Crippen LogP contribution in [0.1, 0.15) is 26.2 Å². The molecule has 2 aliphatic rings. The van der Waals surface area contributed by atoms with E-state index in [0.717, 1.165) is 12.8 Å². The molecule has 0 aromatic heterocycles. The smallest absolute Gasteiger partial charge is 0.318 e. The number of hydrogen-bond acceptors (Lipinski definition) is 5. The highest BCUT2D eigenvalue weighted by Crippen LogP contribution is 2.38. The third-order valence-electron chi connectivity index (χ3n) is 3.30. The van der Waals surface area contributed by atoms with Gasteiger partial charge >= 0.3 is 5.97 Å². The summed E-state index contributed by atoms with van der Waals surface area (Å²) in [4.78, 5) is 17.0. The molecule has 5 heteroatoms. The van der Waals surface area contributed by atoms with E-state index in [2.05, 4.69) is 5.16 Å². The second-order valence-corrected chi connectivity index (χ2v) is 4.23. The summed E-state index contributed by atoms with van der Waals surface area (Å²) in [6.45, 7) is 1.86. The summed E-state index contributed by atoms with van der Waals surface area (Å²) in [5, 5.41) is 12.9. The van der Waals surface area contributed by atoms with Crippen LogP contribution in [0.2, 0.25) is 0 Å². The molecule has 90 valence electrons. The lowest BCUT2D eigenvalue weighted by Crippen LogP contribution is -2.40. The van der Waals surface area contributed by atoms with Crippen molar-refractivity contribution in [3.8, 4) is 0 Å². The minimum Gasteiger partial charge on any atom is -0.465 e. The summed E-state index contributed by atoms with van der Waals surface area (Å²) in [5.41, 5.74) is 0.398. The molecule has 0 aromatic rings. The molecule has 0 aromatic carbocycles. The maximum Gasteiger partial charge on any atom is 0.318 e. The lowest BCUT2D eigenvalue weighted by molar-refractivity contribution is -0.150. The quantitative estimate of drug-likeness (QED) is 0.718. The zero-order chi connectivity index (χ0) is 11.5. The lowest BCUT2D eigenvalue weighted by Gasteiger charge is -2.31. The highest BCUT2D eigenvalue weighted by molar-refractivity contribution is 6.04. The highest BCUT2D eigenvalue weighted by atomic mass is 16.6. The number of aliphatic hydroxyl groups excluding tert-OH is 1. The zero-order valence-corrected chi connectivity index (χ0v) is 9.39. The third kappa shape index (κ3) is 1.91. The van der Waals surface area contributed by atoms with Crippen LogP contribution in [0, 0.1) is 11.8 Å². The van der Waals surface area contributed by atoms with Crippen molar-refractivity contribution < 1.29 is 19.5 Å². The molecule has 5 nitrogen and oxygen atoms in total. The first kappa shape index (κ1) is 11.4. The van der Waals surface area contributed by atoms with E-state index in [0.29, 0.717) is 18.2 Å². The molecule has 1 aliphatic heterocycles. The Morgan fingerprint density at radius 2 is 2.38 bits per heavy atom. The molecule has 1 saturated carbocycles. The fraction of sp³-hybridized carbons (Fsp3) is 0.818. The summed E-state index contributed by atoms with van der Waals surface area (Å²) in [7, 11) is 0. The first-order valence-corrected chi connectivity index (χ1v) is 5.78. The number of esters is 1. The van der Waals surface area contributed by atoms with Gasteiger partial charge in [0.25, 0.3) is 0 Å². The Morgan fingerprint density at radius 3 is 2.88 bits per heavy atom. The van der Waals surface area contributed by atoms with Crippen molar-refractivity contribution in [1.82, 2.24) is 0 Å². The van der Waals surface area contributed by atoms with Crippen molar-refractivity contribution in [2.75, 3.05) is 13.2 Å².